The molecule has 0 bridgehead atoms. The Morgan fingerprint density at radius 2 is 1.32 bits per heavy atom. The van der Waals surface area contributed by atoms with E-state index in [1.165, 1.54) is 22.0 Å². The van der Waals surface area contributed by atoms with Crippen LogP contribution in [0.5, 0.6) is 0 Å². The van der Waals surface area contributed by atoms with Crippen molar-refractivity contribution < 1.29 is 14.4 Å². The second-order valence-corrected chi connectivity index (χ2v) is 10.1. The summed E-state index contributed by atoms with van der Waals surface area (Å²) in [6, 6.07) is 31.7. The number of fused-ring (bicyclic) bond motifs is 3. The van der Waals surface area contributed by atoms with Crippen molar-refractivity contribution in [3.05, 3.63) is 131 Å². The Morgan fingerprint density at radius 3 is 1.95 bits per heavy atom. The predicted molar refractivity (Wildman–Crippen MR) is 150 cm³/mol. The van der Waals surface area contributed by atoms with Crippen LogP contribution in [0.1, 0.15) is 36.8 Å². The van der Waals surface area contributed by atoms with Crippen LogP contribution in [-0.4, -0.2) is 27.0 Å². The summed E-state index contributed by atoms with van der Waals surface area (Å²) in [5.41, 5.74) is 3.20. The molecule has 38 heavy (non-hydrogen) atoms. The molecule has 0 saturated heterocycles. The highest BCUT2D eigenvalue weighted by Crippen LogP contribution is 2.36. The highest BCUT2D eigenvalue weighted by atomic mass is 32.1. The standard InChI is InChI=1S/C32H18N2O3S/c35-28-24-15-21-13-7-8-14-22(21)16-25(24)29(36)26(28)17-23-18-27-30(33-31(38-27)19-9-3-1-4-10-19)34(23)32(37)20-11-5-2-6-12-20/h1-18H. The average Bonchev–Trinajstić information content (AvgIpc) is 3.59. The number of rotatable bonds is 3. The third-order valence-electron chi connectivity index (χ3n) is 6.78. The van der Waals surface area contributed by atoms with Crippen LogP contribution in [0, 0.1) is 0 Å². The molecule has 1 aliphatic carbocycles. The van der Waals surface area contributed by atoms with Gasteiger partial charge in [0.2, 0.25) is 0 Å². The van der Waals surface area contributed by atoms with Crippen LogP contribution in [0.25, 0.3) is 37.8 Å². The molecule has 0 saturated carbocycles. The van der Waals surface area contributed by atoms with Crippen molar-refractivity contribution in [2.24, 2.45) is 0 Å². The van der Waals surface area contributed by atoms with E-state index < -0.39 is 0 Å². The topological polar surface area (TPSA) is 69.0 Å². The molecular weight excluding hydrogens is 492 g/mol. The van der Waals surface area contributed by atoms with Crippen molar-refractivity contribution in [2.45, 2.75) is 0 Å². The number of benzene rings is 4. The molecular formula is C32H18N2O3S. The number of carbonyl (C=O) groups is 3. The smallest absolute Gasteiger partial charge is 0.264 e. The molecule has 180 valence electrons. The van der Waals surface area contributed by atoms with Gasteiger partial charge in [-0.25, -0.2) is 4.98 Å². The molecule has 6 heteroatoms. The molecule has 0 aliphatic heterocycles. The minimum atomic E-state index is -0.336. The van der Waals surface area contributed by atoms with Gasteiger partial charge >= 0.3 is 0 Å². The Bertz CT molecular complexity index is 1910. The van der Waals surface area contributed by atoms with Crippen LogP contribution in [0.3, 0.4) is 0 Å². The fourth-order valence-corrected chi connectivity index (χ4v) is 5.92. The molecule has 2 aromatic heterocycles. The van der Waals surface area contributed by atoms with Gasteiger partial charge in [-0.05, 0) is 47.2 Å². The van der Waals surface area contributed by atoms with Crippen LogP contribution in [0.4, 0.5) is 0 Å². The molecule has 5 nitrogen and oxygen atoms in total. The minimum Gasteiger partial charge on any atom is -0.288 e. The predicted octanol–water partition coefficient (Wildman–Crippen LogP) is 7.07. The molecule has 0 spiro atoms. The summed E-state index contributed by atoms with van der Waals surface area (Å²) in [6.07, 6.45) is 1.53. The zero-order valence-electron chi connectivity index (χ0n) is 19.9. The number of allylic oxidation sites excluding steroid dienone is 1. The van der Waals surface area contributed by atoms with Gasteiger partial charge in [-0.1, -0.05) is 72.8 Å². The third kappa shape index (κ3) is 3.46. The van der Waals surface area contributed by atoms with E-state index in [0.29, 0.717) is 28.0 Å². The lowest BCUT2D eigenvalue weighted by Crippen LogP contribution is -2.14. The van der Waals surface area contributed by atoms with Gasteiger partial charge in [0.25, 0.3) is 5.91 Å². The first-order valence-electron chi connectivity index (χ1n) is 12.1. The third-order valence-corrected chi connectivity index (χ3v) is 7.83. The second-order valence-electron chi connectivity index (χ2n) is 9.11. The summed E-state index contributed by atoms with van der Waals surface area (Å²) in [4.78, 5) is 45.3. The summed E-state index contributed by atoms with van der Waals surface area (Å²) in [5.74, 6) is -0.951. The van der Waals surface area contributed by atoms with Crippen LogP contribution in [0.2, 0.25) is 0 Å². The maximum Gasteiger partial charge on any atom is 0.264 e. The van der Waals surface area contributed by atoms with Crippen LogP contribution < -0.4 is 0 Å². The Kier molecular flexibility index (Phi) is 5.03. The molecule has 1 aliphatic rings. The van der Waals surface area contributed by atoms with Gasteiger partial charge < -0.3 is 0 Å². The Balaban J connectivity index is 1.40. The largest absolute Gasteiger partial charge is 0.288 e. The van der Waals surface area contributed by atoms with E-state index in [0.717, 1.165) is 26.0 Å². The van der Waals surface area contributed by atoms with Crippen LogP contribution >= 0.6 is 11.3 Å². The number of thiazole rings is 1. The number of aromatic nitrogens is 2. The number of carbonyl (C=O) groups excluding carboxylic acids is 3. The van der Waals surface area contributed by atoms with Crippen LogP contribution in [-0.2, 0) is 0 Å². The van der Waals surface area contributed by atoms with Crippen molar-refractivity contribution in [2.75, 3.05) is 0 Å². The lowest BCUT2D eigenvalue weighted by molar-refractivity contribution is 0.0957. The zero-order chi connectivity index (χ0) is 25.8. The van der Waals surface area contributed by atoms with E-state index in [1.54, 1.807) is 36.4 Å². The first kappa shape index (κ1) is 22.3. The Labute approximate surface area is 221 Å². The number of ketones is 2. The maximum absolute atomic E-state index is 13.7. The fraction of sp³-hybridized carbons (Fsp3) is 0. The van der Waals surface area contributed by atoms with Gasteiger partial charge in [0, 0.05) is 22.3 Å². The minimum absolute atomic E-state index is 0.0471. The summed E-state index contributed by atoms with van der Waals surface area (Å²) >= 11 is 1.46. The lowest BCUT2D eigenvalue weighted by Gasteiger charge is -2.07. The average molecular weight is 511 g/mol. The normalized spacial score (nSPS) is 12.9. The van der Waals surface area contributed by atoms with Crippen molar-refractivity contribution in [1.82, 2.24) is 9.55 Å². The van der Waals surface area contributed by atoms with Crippen LogP contribution in [0.15, 0.2) is 109 Å². The van der Waals surface area contributed by atoms with E-state index in [2.05, 4.69) is 0 Å². The molecule has 0 unspecified atom stereocenters. The molecule has 0 fully saturated rings. The molecule has 4 aromatic carbocycles. The van der Waals surface area contributed by atoms with Gasteiger partial charge in [0.1, 0.15) is 5.01 Å². The van der Waals surface area contributed by atoms with Crippen molar-refractivity contribution in [3.63, 3.8) is 0 Å². The van der Waals surface area contributed by atoms with E-state index in [1.807, 2.05) is 66.7 Å². The van der Waals surface area contributed by atoms with E-state index >= 15 is 0 Å². The molecule has 6 aromatic rings. The number of nitrogens with zero attached hydrogens (tertiary/aromatic N) is 2. The van der Waals surface area contributed by atoms with Gasteiger partial charge in [-0.3, -0.25) is 19.0 Å². The molecule has 0 atom stereocenters. The zero-order valence-corrected chi connectivity index (χ0v) is 20.7. The van der Waals surface area contributed by atoms with E-state index in [-0.39, 0.29) is 23.0 Å². The first-order valence-corrected chi connectivity index (χ1v) is 12.9. The molecule has 0 amide bonds. The summed E-state index contributed by atoms with van der Waals surface area (Å²) in [5, 5.41) is 2.58. The summed E-state index contributed by atoms with van der Waals surface area (Å²) < 4.78 is 2.29. The van der Waals surface area contributed by atoms with Crippen molar-refractivity contribution in [3.8, 4) is 10.6 Å². The van der Waals surface area contributed by atoms with Gasteiger partial charge in [0.15, 0.2) is 17.2 Å². The number of Topliss-reactive ketones (excluding diaryl/α,β-unsaturated/α-hetero) is 2. The number of hydrogen-bond donors (Lipinski definition) is 0. The fourth-order valence-electron chi connectivity index (χ4n) is 4.92. The Morgan fingerprint density at radius 1 is 0.737 bits per heavy atom. The van der Waals surface area contributed by atoms with E-state index in [9.17, 15) is 14.4 Å². The quantitative estimate of drug-likeness (QED) is 0.189. The summed E-state index contributed by atoms with van der Waals surface area (Å²) in [7, 11) is 0. The molecule has 0 N–H and O–H groups in total. The second kappa shape index (κ2) is 8.57. The highest BCUT2D eigenvalue weighted by Gasteiger charge is 2.34. The van der Waals surface area contributed by atoms with Crippen molar-refractivity contribution in [1.29, 1.82) is 0 Å². The molecule has 2 heterocycles. The van der Waals surface area contributed by atoms with Gasteiger partial charge in [0.05, 0.1) is 16.0 Å². The summed E-state index contributed by atoms with van der Waals surface area (Å²) in [6.45, 7) is 0. The Hall–Kier alpha value is -4.94. The van der Waals surface area contributed by atoms with Crippen molar-refractivity contribution >= 4 is 56.0 Å². The molecule has 7 rings (SSSR count). The van der Waals surface area contributed by atoms with E-state index in [4.69, 9.17) is 4.98 Å². The SMILES string of the molecule is O=C1C(=Cc2cc3sc(-c4ccccc4)nc3n2C(=O)c2ccccc2)C(=O)c2cc3ccccc3cc21. The maximum atomic E-state index is 13.7. The van der Waals surface area contributed by atoms with Gasteiger partial charge in [-0.2, -0.15) is 0 Å². The monoisotopic (exact) mass is 510 g/mol. The molecule has 0 radical (unpaired) electrons. The number of hydrogen-bond acceptors (Lipinski definition) is 5. The van der Waals surface area contributed by atoms with Gasteiger partial charge in [-0.15, -0.1) is 11.3 Å². The first-order chi connectivity index (χ1) is 18.6. The highest BCUT2D eigenvalue weighted by molar-refractivity contribution is 7.21. The lowest BCUT2D eigenvalue weighted by atomic mass is 10.0.